The van der Waals surface area contributed by atoms with Crippen LogP contribution >= 0.6 is 0 Å². The third kappa shape index (κ3) is 11.9. The lowest BCUT2D eigenvalue weighted by Crippen LogP contribution is -2.15. The van der Waals surface area contributed by atoms with Gasteiger partial charge in [0.2, 0.25) is 0 Å². The maximum atomic E-state index is 13.1. The van der Waals surface area contributed by atoms with Crippen molar-refractivity contribution in [3.05, 3.63) is 96.1 Å². The second-order valence-corrected chi connectivity index (χ2v) is 10.5. The molecule has 0 saturated heterocycles. The average Bonchev–Trinajstić information content (AvgIpc) is 3.07. The molecule has 0 aliphatic heterocycles. The topological polar surface area (TPSA) is 114 Å². The second-order valence-electron chi connectivity index (χ2n) is 10.5. The lowest BCUT2D eigenvalue weighted by Gasteiger charge is -2.13. The highest BCUT2D eigenvalue weighted by atomic mass is 16.6. The molecule has 244 valence electrons. The molecule has 3 aromatic carbocycles. The maximum Gasteiger partial charge on any atom is 0.343 e. The number of benzene rings is 3. The van der Waals surface area contributed by atoms with Crippen molar-refractivity contribution in [3.8, 4) is 23.0 Å². The molecule has 0 amide bonds. The third-order valence-electron chi connectivity index (χ3n) is 6.83. The van der Waals surface area contributed by atoms with E-state index in [1.165, 1.54) is 24.3 Å². The summed E-state index contributed by atoms with van der Waals surface area (Å²) in [4.78, 5) is 50.4. The van der Waals surface area contributed by atoms with Gasteiger partial charge in [0, 0.05) is 6.42 Å². The fraction of sp³-hybridized carbons (Fsp3) is 0.351. The van der Waals surface area contributed by atoms with Gasteiger partial charge in [-0.3, -0.25) is 4.79 Å². The average molecular weight is 631 g/mol. The van der Waals surface area contributed by atoms with Crippen LogP contribution in [-0.4, -0.2) is 43.5 Å². The molecule has 0 atom stereocenters. The Kier molecular flexibility index (Phi) is 15.0. The molecule has 0 bridgehead atoms. The number of ether oxygens (including phenoxy) is 5. The molecular weight excluding hydrogens is 588 g/mol. The van der Waals surface area contributed by atoms with Crippen molar-refractivity contribution in [3.63, 3.8) is 0 Å². The Morgan fingerprint density at radius 3 is 1.70 bits per heavy atom. The molecule has 3 aromatic rings. The first-order valence-corrected chi connectivity index (χ1v) is 15.7. The van der Waals surface area contributed by atoms with Crippen molar-refractivity contribution in [1.29, 1.82) is 0 Å². The van der Waals surface area contributed by atoms with Crippen LogP contribution < -0.4 is 18.9 Å². The number of carbonyl (C=O) groups is 4. The van der Waals surface area contributed by atoms with Crippen molar-refractivity contribution >= 4 is 23.7 Å². The third-order valence-corrected chi connectivity index (χ3v) is 6.83. The molecule has 0 N–H and O–H groups in total. The van der Waals surface area contributed by atoms with Crippen molar-refractivity contribution < 1.29 is 42.9 Å². The second kappa shape index (κ2) is 19.5. The first kappa shape index (κ1) is 35.6. The normalized spacial score (nSPS) is 10.5. The van der Waals surface area contributed by atoms with Gasteiger partial charge in [-0.25, -0.2) is 14.4 Å². The van der Waals surface area contributed by atoms with Gasteiger partial charge in [-0.2, -0.15) is 0 Å². The molecule has 0 aliphatic rings. The molecule has 0 saturated carbocycles. The van der Waals surface area contributed by atoms with Crippen molar-refractivity contribution in [2.24, 2.45) is 0 Å². The minimum absolute atomic E-state index is 0.0373. The number of esters is 3. The van der Waals surface area contributed by atoms with Crippen LogP contribution in [0.25, 0.3) is 0 Å². The summed E-state index contributed by atoms with van der Waals surface area (Å²) in [5, 5.41) is 0. The van der Waals surface area contributed by atoms with Crippen molar-refractivity contribution in [2.75, 3.05) is 19.8 Å². The summed E-state index contributed by atoms with van der Waals surface area (Å²) >= 11 is 0. The van der Waals surface area contributed by atoms with Crippen LogP contribution in [0.4, 0.5) is 0 Å². The minimum Gasteiger partial charge on any atom is -0.494 e. The van der Waals surface area contributed by atoms with Gasteiger partial charge in [0.05, 0.1) is 30.9 Å². The zero-order valence-electron chi connectivity index (χ0n) is 26.6. The quantitative estimate of drug-likeness (QED) is 0.0531. The first-order valence-electron chi connectivity index (χ1n) is 15.7. The highest BCUT2D eigenvalue weighted by Gasteiger charge is 2.21. The SMILES string of the molecule is C=CC(=O)CCCCCOC(=O)c1cc(OC(=O)c2ccc(OCCCC)cc2)ccc1OC(=O)c1ccc(OCCCC)cc1. The zero-order valence-corrected chi connectivity index (χ0v) is 26.6. The Hall–Kier alpha value is -4.92. The lowest BCUT2D eigenvalue weighted by molar-refractivity contribution is -0.114. The highest BCUT2D eigenvalue weighted by molar-refractivity contribution is 5.97. The molecule has 9 nitrogen and oxygen atoms in total. The number of rotatable bonds is 20. The van der Waals surface area contributed by atoms with Crippen LogP contribution in [0.3, 0.4) is 0 Å². The van der Waals surface area contributed by atoms with Crippen LogP contribution in [0.2, 0.25) is 0 Å². The fourth-order valence-electron chi connectivity index (χ4n) is 4.11. The number of carbonyl (C=O) groups excluding carboxylic acids is 4. The zero-order chi connectivity index (χ0) is 33.1. The molecule has 46 heavy (non-hydrogen) atoms. The lowest BCUT2D eigenvalue weighted by atomic mass is 10.1. The molecule has 0 unspecified atom stereocenters. The summed E-state index contributed by atoms with van der Waals surface area (Å²) in [6.45, 7) is 8.86. The van der Waals surface area contributed by atoms with Crippen LogP contribution in [0.5, 0.6) is 23.0 Å². The molecular formula is C37H42O9. The predicted molar refractivity (Wildman–Crippen MR) is 174 cm³/mol. The predicted octanol–water partition coefficient (Wildman–Crippen LogP) is 7.96. The number of hydrogen-bond donors (Lipinski definition) is 0. The first-order chi connectivity index (χ1) is 22.3. The summed E-state index contributed by atoms with van der Waals surface area (Å²) < 4.78 is 27.9. The number of unbranched alkanes of at least 4 members (excludes halogenated alkanes) is 4. The van der Waals surface area contributed by atoms with Crippen LogP contribution in [-0.2, 0) is 9.53 Å². The number of hydrogen-bond acceptors (Lipinski definition) is 9. The van der Waals surface area contributed by atoms with E-state index in [9.17, 15) is 19.2 Å². The molecule has 0 heterocycles. The maximum absolute atomic E-state index is 13.1. The Labute approximate surface area is 270 Å². The summed E-state index contributed by atoms with van der Waals surface area (Å²) in [6.07, 6.45) is 7.38. The molecule has 0 fully saturated rings. The molecule has 0 aliphatic carbocycles. The fourth-order valence-corrected chi connectivity index (χ4v) is 4.11. The minimum atomic E-state index is -0.754. The van der Waals surface area contributed by atoms with E-state index in [2.05, 4.69) is 20.4 Å². The smallest absolute Gasteiger partial charge is 0.343 e. The van der Waals surface area contributed by atoms with Gasteiger partial charge in [-0.05, 0) is 105 Å². The van der Waals surface area contributed by atoms with Crippen LogP contribution in [0.1, 0.15) is 96.3 Å². The molecule has 0 spiro atoms. The van der Waals surface area contributed by atoms with E-state index < -0.39 is 17.9 Å². The van der Waals surface area contributed by atoms with Gasteiger partial charge in [-0.1, -0.05) is 33.3 Å². The van der Waals surface area contributed by atoms with Gasteiger partial charge in [0.1, 0.15) is 28.6 Å². The van der Waals surface area contributed by atoms with E-state index in [1.807, 2.05) is 0 Å². The van der Waals surface area contributed by atoms with E-state index in [0.717, 1.165) is 25.7 Å². The van der Waals surface area contributed by atoms with E-state index in [-0.39, 0.29) is 35.0 Å². The molecule has 0 aromatic heterocycles. The molecule has 3 rings (SSSR count). The Morgan fingerprint density at radius 1 is 0.609 bits per heavy atom. The van der Waals surface area contributed by atoms with E-state index in [4.69, 9.17) is 23.7 Å². The van der Waals surface area contributed by atoms with E-state index in [0.29, 0.717) is 56.0 Å². The summed E-state index contributed by atoms with van der Waals surface area (Å²) in [5.74, 6) is -0.827. The summed E-state index contributed by atoms with van der Waals surface area (Å²) in [6, 6.07) is 17.2. The highest BCUT2D eigenvalue weighted by Crippen LogP contribution is 2.27. The number of allylic oxidation sites excluding steroid dienone is 1. The van der Waals surface area contributed by atoms with E-state index in [1.54, 1.807) is 48.5 Å². The monoisotopic (exact) mass is 630 g/mol. The van der Waals surface area contributed by atoms with Gasteiger partial charge >= 0.3 is 17.9 Å². The largest absolute Gasteiger partial charge is 0.494 e. The van der Waals surface area contributed by atoms with Crippen LogP contribution in [0.15, 0.2) is 79.4 Å². The Morgan fingerprint density at radius 2 is 1.15 bits per heavy atom. The standard InChI is InChI=1S/C37H42O9/c1-4-7-23-42-30-17-13-27(14-18-30)35(39)45-32-21-22-34(33(26-32)37(41)44-25-11-9-10-12-29(38)6-3)46-36(40)28-15-19-31(20-16-28)43-24-8-5-2/h6,13-22,26H,3-5,7-12,23-25H2,1-2H3. The van der Waals surface area contributed by atoms with E-state index >= 15 is 0 Å². The Balaban J connectivity index is 1.71. The van der Waals surface area contributed by atoms with Gasteiger partial charge < -0.3 is 23.7 Å². The summed E-state index contributed by atoms with van der Waals surface area (Å²) in [7, 11) is 0. The molecule has 0 radical (unpaired) electrons. The Bertz CT molecular complexity index is 1440. The molecule has 9 heteroatoms. The van der Waals surface area contributed by atoms with Gasteiger partial charge in [0.15, 0.2) is 5.78 Å². The van der Waals surface area contributed by atoms with Crippen LogP contribution in [0, 0.1) is 0 Å². The summed E-state index contributed by atoms with van der Waals surface area (Å²) in [5.41, 5.74) is 0.466. The van der Waals surface area contributed by atoms with Gasteiger partial charge in [-0.15, -0.1) is 0 Å². The van der Waals surface area contributed by atoms with Crippen molar-refractivity contribution in [1.82, 2.24) is 0 Å². The van der Waals surface area contributed by atoms with Gasteiger partial charge in [0.25, 0.3) is 0 Å². The van der Waals surface area contributed by atoms with Crippen molar-refractivity contribution in [2.45, 2.75) is 65.2 Å². The number of ketones is 1.